The Bertz CT molecular complexity index is 754. The highest BCUT2D eigenvalue weighted by molar-refractivity contribution is 5.96. The number of amides is 1. The van der Waals surface area contributed by atoms with Gasteiger partial charge in [-0.15, -0.1) is 0 Å². The standard InChI is InChI=1S/C15H14N4O2/c1-10(21-13-3-2-6-16-9-13)15(20)18-12-4-5-14-11(7-12)8-17-19-14/h2-10H,1H3,(H,17,19)(H,18,20). The molecule has 0 aliphatic heterocycles. The van der Waals surface area contributed by atoms with Crippen LogP contribution in [0, 0.1) is 0 Å². The quantitative estimate of drug-likeness (QED) is 0.770. The zero-order valence-corrected chi connectivity index (χ0v) is 11.4. The zero-order valence-electron chi connectivity index (χ0n) is 11.4. The first-order chi connectivity index (χ1) is 10.2. The lowest BCUT2D eigenvalue weighted by Crippen LogP contribution is -2.30. The summed E-state index contributed by atoms with van der Waals surface area (Å²) in [5.74, 6) is 0.340. The Hall–Kier alpha value is -2.89. The molecule has 3 rings (SSSR count). The Labute approximate surface area is 121 Å². The summed E-state index contributed by atoms with van der Waals surface area (Å²) < 4.78 is 5.53. The summed E-state index contributed by atoms with van der Waals surface area (Å²) in [6.45, 7) is 1.69. The summed E-state index contributed by atoms with van der Waals surface area (Å²) in [5.41, 5.74) is 1.63. The summed E-state index contributed by atoms with van der Waals surface area (Å²) >= 11 is 0. The molecule has 106 valence electrons. The Kier molecular flexibility index (Phi) is 3.51. The summed E-state index contributed by atoms with van der Waals surface area (Å²) in [7, 11) is 0. The number of aromatic nitrogens is 3. The van der Waals surface area contributed by atoms with Crippen molar-refractivity contribution < 1.29 is 9.53 Å². The van der Waals surface area contributed by atoms with Crippen LogP contribution in [-0.4, -0.2) is 27.2 Å². The highest BCUT2D eigenvalue weighted by atomic mass is 16.5. The molecule has 0 bridgehead atoms. The minimum absolute atomic E-state index is 0.221. The molecule has 2 aromatic heterocycles. The van der Waals surface area contributed by atoms with E-state index in [0.717, 1.165) is 10.9 Å². The molecule has 2 N–H and O–H groups in total. The van der Waals surface area contributed by atoms with E-state index in [-0.39, 0.29) is 5.91 Å². The van der Waals surface area contributed by atoms with Gasteiger partial charge in [0.25, 0.3) is 5.91 Å². The van der Waals surface area contributed by atoms with E-state index in [4.69, 9.17) is 4.74 Å². The summed E-state index contributed by atoms with van der Waals surface area (Å²) in [4.78, 5) is 16.1. The van der Waals surface area contributed by atoms with Crippen molar-refractivity contribution in [3.8, 4) is 5.75 Å². The van der Waals surface area contributed by atoms with Crippen molar-refractivity contribution in [3.63, 3.8) is 0 Å². The molecule has 1 atom stereocenters. The second-order valence-corrected chi connectivity index (χ2v) is 4.61. The maximum absolute atomic E-state index is 12.1. The molecule has 6 heteroatoms. The van der Waals surface area contributed by atoms with E-state index in [1.807, 2.05) is 18.2 Å². The molecule has 2 heterocycles. The molecule has 3 aromatic rings. The van der Waals surface area contributed by atoms with Crippen molar-refractivity contribution in [3.05, 3.63) is 48.9 Å². The number of nitrogens with one attached hydrogen (secondary N) is 2. The molecule has 0 aliphatic carbocycles. The number of H-pyrrole nitrogens is 1. The van der Waals surface area contributed by atoms with E-state index in [1.165, 1.54) is 0 Å². The predicted molar refractivity (Wildman–Crippen MR) is 79.1 cm³/mol. The van der Waals surface area contributed by atoms with Crippen LogP contribution in [0.1, 0.15) is 6.92 Å². The molecule has 0 radical (unpaired) electrons. The molecule has 21 heavy (non-hydrogen) atoms. The molecule has 1 amide bonds. The number of rotatable bonds is 4. The normalized spacial score (nSPS) is 12.0. The molecular formula is C15H14N4O2. The minimum atomic E-state index is -0.616. The van der Waals surface area contributed by atoms with Crippen molar-refractivity contribution in [2.24, 2.45) is 0 Å². The number of benzene rings is 1. The first-order valence-electron chi connectivity index (χ1n) is 6.53. The average Bonchev–Trinajstić information content (AvgIpc) is 2.95. The predicted octanol–water partition coefficient (Wildman–Crippen LogP) is 2.36. The van der Waals surface area contributed by atoms with Crippen molar-refractivity contribution >= 4 is 22.5 Å². The number of hydrogen-bond donors (Lipinski definition) is 2. The molecule has 6 nitrogen and oxygen atoms in total. The largest absolute Gasteiger partial charge is 0.479 e. The molecular weight excluding hydrogens is 268 g/mol. The van der Waals surface area contributed by atoms with E-state index >= 15 is 0 Å². The minimum Gasteiger partial charge on any atom is -0.479 e. The topological polar surface area (TPSA) is 79.9 Å². The van der Waals surface area contributed by atoms with Gasteiger partial charge in [-0.1, -0.05) is 0 Å². The Balaban J connectivity index is 1.67. The van der Waals surface area contributed by atoms with Crippen LogP contribution in [0.5, 0.6) is 5.75 Å². The van der Waals surface area contributed by atoms with Crippen LogP contribution in [0.15, 0.2) is 48.9 Å². The Morgan fingerprint density at radius 3 is 3.05 bits per heavy atom. The average molecular weight is 282 g/mol. The van der Waals surface area contributed by atoms with Gasteiger partial charge in [-0.2, -0.15) is 5.10 Å². The molecule has 0 aliphatic rings. The maximum Gasteiger partial charge on any atom is 0.265 e. The number of anilines is 1. The summed E-state index contributed by atoms with van der Waals surface area (Å²) in [6.07, 6.45) is 4.31. The van der Waals surface area contributed by atoms with Crippen LogP contribution >= 0.6 is 0 Å². The second-order valence-electron chi connectivity index (χ2n) is 4.61. The van der Waals surface area contributed by atoms with Crippen molar-refractivity contribution in [1.29, 1.82) is 0 Å². The summed E-state index contributed by atoms with van der Waals surface area (Å²) in [5, 5.41) is 10.6. The number of nitrogens with zero attached hydrogens (tertiary/aromatic N) is 2. The number of hydrogen-bond acceptors (Lipinski definition) is 4. The van der Waals surface area contributed by atoms with E-state index in [9.17, 15) is 4.79 Å². The number of fused-ring (bicyclic) bond motifs is 1. The monoisotopic (exact) mass is 282 g/mol. The van der Waals surface area contributed by atoms with E-state index < -0.39 is 6.10 Å². The number of ether oxygens (including phenoxy) is 1. The van der Waals surface area contributed by atoms with Crippen LogP contribution in [0.4, 0.5) is 5.69 Å². The lowest BCUT2D eigenvalue weighted by atomic mass is 10.2. The third-order valence-corrected chi connectivity index (χ3v) is 3.02. The molecule has 0 fully saturated rings. The van der Waals surface area contributed by atoms with Gasteiger partial charge in [-0.3, -0.25) is 14.9 Å². The van der Waals surface area contributed by atoms with Gasteiger partial charge < -0.3 is 10.1 Å². The Morgan fingerprint density at radius 2 is 2.24 bits per heavy atom. The van der Waals surface area contributed by atoms with Gasteiger partial charge >= 0.3 is 0 Å². The van der Waals surface area contributed by atoms with Crippen LogP contribution < -0.4 is 10.1 Å². The smallest absolute Gasteiger partial charge is 0.265 e. The molecule has 0 spiro atoms. The van der Waals surface area contributed by atoms with Crippen molar-refractivity contribution in [2.45, 2.75) is 13.0 Å². The van der Waals surface area contributed by atoms with Crippen molar-refractivity contribution in [2.75, 3.05) is 5.32 Å². The Morgan fingerprint density at radius 1 is 1.33 bits per heavy atom. The highest BCUT2D eigenvalue weighted by Crippen LogP contribution is 2.17. The molecule has 1 unspecified atom stereocenters. The second kappa shape index (κ2) is 5.62. The molecule has 0 saturated carbocycles. The van der Waals surface area contributed by atoms with Crippen LogP contribution in [-0.2, 0) is 4.79 Å². The number of aromatic amines is 1. The molecule has 1 aromatic carbocycles. The van der Waals surface area contributed by atoms with Gasteiger partial charge in [0.15, 0.2) is 6.10 Å². The van der Waals surface area contributed by atoms with Gasteiger partial charge in [0.05, 0.1) is 17.9 Å². The lowest BCUT2D eigenvalue weighted by Gasteiger charge is -2.14. The van der Waals surface area contributed by atoms with Gasteiger partial charge in [-0.25, -0.2) is 0 Å². The van der Waals surface area contributed by atoms with Crippen LogP contribution in [0.25, 0.3) is 10.9 Å². The maximum atomic E-state index is 12.1. The van der Waals surface area contributed by atoms with Crippen LogP contribution in [0.2, 0.25) is 0 Å². The third kappa shape index (κ3) is 3.00. The van der Waals surface area contributed by atoms with Crippen molar-refractivity contribution in [1.82, 2.24) is 15.2 Å². The first kappa shape index (κ1) is 13.1. The summed E-state index contributed by atoms with van der Waals surface area (Å²) in [6, 6.07) is 9.05. The fourth-order valence-electron chi connectivity index (χ4n) is 1.94. The highest BCUT2D eigenvalue weighted by Gasteiger charge is 2.15. The fraction of sp³-hybridized carbons (Fsp3) is 0.133. The first-order valence-corrected chi connectivity index (χ1v) is 6.53. The van der Waals surface area contributed by atoms with Gasteiger partial charge in [0.2, 0.25) is 0 Å². The van der Waals surface area contributed by atoms with Gasteiger partial charge in [-0.05, 0) is 37.3 Å². The zero-order chi connectivity index (χ0) is 14.7. The van der Waals surface area contributed by atoms with E-state index in [0.29, 0.717) is 11.4 Å². The van der Waals surface area contributed by atoms with Gasteiger partial charge in [0.1, 0.15) is 5.75 Å². The fourth-order valence-corrected chi connectivity index (χ4v) is 1.94. The number of carbonyl (C=O) groups is 1. The number of pyridine rings is 1. The van der Waals surface area contributed by atoms with E-state index in [2.05, 4.69) is 20.5 Å². The SMILES string of the molecule is CC(Oc1cccnc1)C(=O)Nc1ccc2[nH]ncc2c1. The number of carbonyl (C=O) groups excluding carboxylic acids is 1. The third-order valence-electron chi connectivity index (χ3n) is 3.02. The van der Waals surface area contributed by atoms with Crippen LogP contribution in [0.3, 0.4) is 0 Å². The van der Waals surface area contributed by atoms with Gasteiger partial charge in [0, 0.05) is 17.3 Å². The van der Waals surface area contributed by atoms with E-state index in [1.54, 1.807) is 37.6 Å². The lowest BCUT2D eigenvalue weighted by molar-refractivity contribution is -0.122. The molecule has 0 saturated heterocycles.